The highest BCUT2D eigenvalue weighted by atomic mass is 32.2. The van der Waals surface area contributed by atoms with Gasteiger partial charge in [-0.05, 0) is 11.4 Å². The molecular formula is C10H12O5S2. The van der Waals surface area contributed by atoms with E-state index in [0.717, 1.165) is 23.1 Å². The molecule has 0 aliphatic rings. The molecule has 0 aliphatic carbocycles. The third-order valence-electron chi connectivity index (χ3n) is 2.02. The molecule has 2 atom stereocenters. The number of carbonyl (C=O) groups excluding carboxylic acids is 1. The number of thioether (sulfide) groups is 1. The van der Waals surface area contributed by atoms with Gasteiger partial charge >= 0.3 is 5.97 Å². The van der Waals surface area contributed by atoms with E-state index in [1.54, 1.807) is 0 Å². The predicted octanol–water partition coefficient (Wildman–Crippen LogP) is 1.12. The molecule has 0 saturated heterocycles. The molecule has 0 spiro atoms. The zero-order valence-electron chi connectivity index (χ0n) is 8.99. The molecule has 1 aromatic rings. The summed E-state index contributed by atoms with van der Waals surface area (Å²) in [4.78, 5) is 21.7. The highest BCUT2D eigenvalue weighted by Crippen LogP contribution is 2.28. The molecule has 0 radical (unpaired) electrons. The summed E-state index contributed by atoms with van der Waals surface area (Å²) in [6, 6.07) is 1.37. The van der Waals surface area contributed by atoms with E-state index in [9.17, 15) is 19.8 Å². The molecule has 0 aromatic carbocycles. The highest BCUT2D eigenvalue weighted by Gasteiger charge is 2.25. The van der Waals surface area contributed by atoms with Gasteiger partial charge in [0.05, 0.1) is 16.5 Å². The SMILES string of the molecule is CC(=O)SCC(O)C(O)c1sccc1C(=O)O. The summed E-state index contributed by atoms with van der Waals surface area (Å²) in [5.74, 6) is -1.11. The van der Waals surface area contributed by atoms with Crippen LogP contribution in [0.4, 0.5) is 0 Å². The second kappa shape index (κ2) is 6.15. The zero-order valence-corrected chi connectivity index (χ0v) is 10.6. The van der Waals surface area contributed by atoms with Gasteiger partial charge in [0.25, 0.3) is 0 Å². The molecule has 0 aliphatic heterocycles. The largest absolute Gasteiger partial charge is 0.478 e. The summed E-state index contributed by atoms with van der Waals surface area (Å²) in [7, 11) is 0. The summed E-state index contributed by atoms with van der Waals surface area (Å²) in [5.41, 5.74) is -0.0191. The number of thiophene rings is 1. The van der Waals surface area contributed by atoms with Crippen molar-refractivity contribution in [2.75, 3.05) is 5.75 Å². The minimum absolute atomic E-state index is 0.0191. The lowest BCUT2D eigenvalue weighted by molar-refractivity contribution is -0.109. The maximum Gasteiger partial charge on any atom is 0.336 e. The van der Waals surface area contributed by atoms with Crippen LogP contribution in [0, 0.1) is 0 Å². The van der Waals surface area contributed by atoms with Gasteiger partial charge in [-0.15, -0.1) is 11.3 Å². The maximum atomic E-state index is 10.8. The van der Waals surface area contributed by atoms with Crippen LogP contribution in [0.3, 0.4) is 0 Å². The maximum absolute atomic E-state index is 10.8. The first-order valence-corrected chi connectivity index (χ1v) is 6.60. The lowest BCUT2D eigenvalue weighted by Gasteiger charge is -2.16. The summed E-state index contributed by atoms with van der Waals surface area (Å²) < 4.78 is 0. The Kier molecular flexibility index (Phi) is 5.13. The molecule has 94 valence electrons. The Balaban J connectivity index is 2.74. The van der Waals surface area contributed by atoms with Gasteiger partial charge < -0.3 is 15.3 Å². The van der Waals surface area contributed by atoms with Crippen LogP contribution in [0.1, 0.15) is 28.3 Å². The second-order valence-corrected chi connectivity index (χ2v) is 5.46. The van der Waals surface area contributed by atoms with Gasteiger partial charge in [-0.3, -0.25) is 4.79 Å². The molecule has 7 heteroatoms. The van der Waals surface area contributed by atoms with Gasteiger partial charge in [0.1, 0.15) is 6.10 Å². The Morgan fingerprint density at radius 2 is 2.12 bits per heavy atom. The molecular weight excluding hydrogens is 264 g/mol. The fourth-order valence-electron chi connectivity index (χ4n) is 1.20. The van der Waals surface area contributed by atoms with Crippen LogP contribution in [0.2, 0.25) is 0 Å². The van der Waals surface area contributed by atoms with Crippen molar-refractivity contribution in [3.05, 3.63) is 21.9 Å². The Labute approximate surface area is 106 Å². The monoisotopic (exact) mass is 276 g/mol. The van der Waals surface area contributed by atoms with Crippen molar-refractivity contribution in [2.45, 2.75) is 19.1 Å². The van der Waals surface area contributed by atoms with Crippen molar-refractivity contribution >= 4 is 34.2 Å². The average molecular weight is 276 g/mol. The first kappa shape index (κ1) is 14.2. The minimum Gasteiger partial charge on any atom is -0.478 e. The predicted molar refractivity (Wildman–Crippen MR) is 65.4 cm³/mol. The van der Waals surface area contributed by atoms with Crippen LogP contribution >= 0.6 is 23.1 Å². The molecule has 1 rings (SSSR count). The first-order chi connectivity index (χ1) is 7.93. The van der Waals surface area contributed by atoms with Crippen LogP contribution in [-0.4, -0.2) is 38.3 Å². The summed E-state index contributed by atoms with van der Waals surface area (Å²) in [6.07, 6.45) is -2.45. The van der Waals surface area contributed by atoms with Crippen molar-refractivity contribution < 1.29 is 24.9 Å². The van der Waals surface area contributed by atoms with E-state index >= 15 is 0 Å². The molecule has 17 heavy (non-hydrogen) atoms. The van der Waals surface area contributed by atoms with E-state index in [1.807, 2.05) is 0 Å². The number of hydrogen-bond acceptors (Lipinski definition) is 6. The van der Waals surface area contributed by atoms with Gasteiger partial charge in [0.15, 0.2) is 5.12 Å². The number of aromatic carboxylic acids is 1. The highest BCUT2D eigenvalue weighted by molar-refractivity contribution is 8.13. The van der Waals surface area contributed by atoms with Crippen LogP contribution in [0.5, 0.6) is 0 Å². The van der Waals surface area contributed by atoms with E-state index < -0.39 is 18.2 Å². The first-order valence-electron chi connectivity index (χ1n) is 4.73. The fraction of sp³-hybridized carbons (Fsp3) is 0.400. The number of aliphatic hydroxyl groups is 2. The Bertz CT molecular complexity index is 415. The standard InChI is InChI=1S/C10H12O5S2/c1-5(11)17-4-7(12)8(13)9-6(10(14)15)2-3-16-9/h2-3,7-8,12-13H,4H2,1H3,(H,14,15). The smallest absolute Gasteiger partial charge is 0.336 e. The summed E-state index contributed by atoms with van der Waals surface area (Å²) in [6.45, 7) is 1.36. The van der Waals surface area contributed by atoms with Crippen molar-refractivity contribution in [2.24, 2.45) is 0 Å². The number of carboxylic acids is 1. The molecule has 0 bridgehead atoms. The molecule has 1 aromatic heterocycles. The van der Waals surface area contributed by atoms with Crippen LogP contribution in [-0.2, 0) is 4.79 Å². The van der Waals surface area contributed by atoms with E-state index in [4.69, 9.17) is 5.11 Å². The Morgan fingerprint density at radius 3 is 2.65 bits per heavy atom. The molecule has 1 heterocycles. The Hall–Kier alpha value is -0.890. The minimum atomic E-state index is -1.28. The Morgan fingerprint density at radius 1 is 1.47 bits per heavy atom. The molecule has 0 saturated carbocycles. The number of hydrogen-bond donors (Lipinski definition) is 3. The third-order valence-corrected chi connectivity index (χ3v) is 3.92. The van der Waals surface area contributed by atoms with E-state index in [-0.39, 0.29) is 21.3 Å². The molecule has 2 unspecified atom stereocenters. The number of rotatable bonds is 5. The van der Waals surface area contributed by atoms with E-state index in [2.05, 4.69) is 0 Å². The fourth-order valence-corrected chi connectivity index (χ4v) is 2.71. The van der Waals surface area contributed by atoms with Crippen LogP contribution in [0.15, 0.2) is 11.4 Å². The van der Waals surface area contributed by atoms with Crippen molar-refractivity contribution in [3.8, 4) is 0 Å². The lowest BCUT2D eigenvalue weighted by Crippen LogP contribution is -2.22. The molecule has 0 fully saturated rings. The molecule has 5 nitrogen and oxygen atoms in total. The average Bonchev–Trinajstić information content (AvgIpc) is 2.73. The quantitative estimate of drug-likeness (QED) is 0.746. The summed E-state index contributed by atoms with van der Waals surface area (Å²) >= 11 is 1.95. The van der Waals surface area contributed by atoms with Gasteiger partial charge in [-0.1, -0.05) is 11.8 Å². The number of aliphatic hydroxyl groups excluding tert-OH is 2. The molecule has 3 N–H and O–H groups in total. The van der Waals surface area contributed by atoms with Gasteiger partial charge in [-0.2, -0.15) is 0 Å². The van der Waals surface area contributed by atoms with Crippen molar-refractivity contribution in [1.29, 1.82) is 0 Å². The van der Waals surface area contributed by atoms with Crippen molar-refractivity contribution in [1.82, 2.24) is 0 Å². The van der Waals surface area contributed by atoms with Crippen molar-refractivity contribution in [3.63, 3.8) is 0 Å². The lowest BCUT2D eigenvalue weighted by atomic mass is 10.1. The van der Waals surface area contributed by atoms with Gasteiger partial charge in [-0.25, -0.2) is 4.79 Å². The topological polar surface area (TPSA) is 94.8 Å². The number of carbonyl (C=O) groups is 2. The third kappa shape index (κ3) is 3.81. The van der Waals surface area contributed by atoms with E-state index in [0.29, 0.717) is 0 Å². The molecule has 0 amide bonds. The normalized spacial score (nSPS) is 14.3. The van der Waals surface area contributed by atoms with E-state index in [1.165, 1.54) is 18.4 Å². The van der Waals surface area contributed by atoms with Gasteiger partial charge in [0, 0.05) is 12.7 Å². The van der Waals surface area contributed by atoms with Crippen LogP contribution in [0.25, 0.3) is 0 Å². The van der Waals surface area contributed by atoms with Gasteiger partial charge in [0.2, 0.25) is 0 Å². The number of carboxylic acid groups (broad SMARTS) is 1. The second-order valence-electron chi connectivity index (χ2n) is 3.32. The zero-order chi connectivity index (χ0) is 13.0. The van der Waals surface area contributed by atoms with Crippen LogP contribution < -0.4 is 0 Å². The summed E-state index contributed by atoms with van der Waals surface area (Å²) in [5, 5.41) is 29.7.